The third kappa shape index (κ3) is 2.31. The van der Waals surface area contributed by atoms with E-state index in [9.17, 15) is 13.2 Å². The van der Waals surface area contributed by atoms with E-state index in [1.54, 1.807) is 34.5 Å². The predicted octanol–water partition coefficient (Wildman–Crippen LogP) is 2.78. The maximum absolute atomic E-state index is 12.8. The van der Waals surface area contributed by atoms with Gasteiger partial charge in [0.1, 0.15) is 0 Å². The smallest absolute Gasteiger partial charge is 0.258 e. The molecular formula is C18H22N2O3S. The molecule has 0 spiro atoms. The predicted molar refractivity (Wildman–Crippen MR) is 93.2 cm³/mol. The standard InChI is InChI=1S/C18H22N2O3S/c1-19-16-9-8-14(24(22,23)20-10-4-5-11-20)12-15(16)17(18(19)21)13-6-2-3-7-13/h8-9,12H,2-7,10-11H2,1H3. The highest BCUT2D eigenvalue weighted by Gasteiger charge is 2.35. The number of carbonyl (C=O) groups excluding carboxylic acids is 1. The van der Waals surface area contributed by atoms with Crippen LogP contribution in [-0.2, 0) is 14.8 Å². The van der Waals surface area contributed by atoms with Crippen molar-refractivity contribution in [1.82, 2.24) is 4.31 Å². The molecule has 128 valence electrons. The van der Waals surface area contributed by atoms with Crippen LogP contribution in [-0.4, -0.2) is 38.8 Å². The Morgan fingerprint density at radius 3 is 2.33 bits per heavy atom. The highest BCUT2D eigenvalue weighted by atomic mass is 32.2. The Bertz CT molecular complexity index is 828. The second kappa shape index (κ2) is 5.70. The van der Waals surface area contributed by atoms with E-state index in [-0.39, 0.29) is 5.91 Å². The van der Waals surface area contributed by atoms with Gasteiger partial charge in [-0.2, -0.15) is 4.31 Å². The second-order valence-electron chi connectivity index (χ2n) is 6.84. The van der Waals surface area contributed by atoms with E-state index in [2.05, 4.69) is 0 Å². The molecule has 1 aromatic carbocycles. The zero-order valence-electron chi connectivity index (χ0n) is 13.9. The Kier molecular flexibility index (Phi) is 3.77. The van der Waals surface area contributed by atoms with Gasteiger partial charge < -0.3 is 4.90 Å². The average molecular weight is 346 g/mol. The minimum Gasteiger partial charge on any atom is -0.311 e. The number of likely N-dealkylation sites (N-methyl/N-ethyl adjacent to an activating group) is 1. The lowest BCUT2D eigenvalue weighted by Gasteiger charge is -2.16. The normalized spacial score (nSPS) is 21.9. The fourth-order valence-electron chi connectivity index (χ4n) is 4.03. The quantitative estimate of drug-likeness (QED) is 0.774. The topological polar surface area (TPSA) is 57.7 Å². The van der Waals surface area contributed by atoms with Crippen LogP contribution in [0.5, 0.6) is 0 Å². The number of hydrogen-bond acceptors (Lipinski definition) is 3. The molecule has 4 rings (SSSR count). The molecule has 1 aromatic rings. The molecule has 0 N–H and O–H groups in total. The summed E-state index contributed by atoms with van der Waals surface area (Å²) in [5.74, 6) is -0.00220. The first-order valence-corrected chi connectivity index (χ1v) is 10.1. The van der Waals surface area contributed by atoms with E-state index in [0.29, 0.717) is 18.0 Å². The summed E-state index contributed by atoms with van der Waals surface area (Å²) in [7, 11) is -1.70. The highest BCUT2D eigenvalue weighted by Crippen LogP contribution is 2.42. The number of allylic oxidation sites excluding steroid dienone is 1. The third-order valence-electron chi connectivity index (χ3n) is 5.38. The molecule has 5 nitrogen and oxygen atoms in total. The van der Waals surface area contributed by atoms with E-state index < -0.39 is 10.0 Å². The fraction of sp³-hybridized carbons (Fsp3) is 0.500. The van der Waals surface area contributed by atoms with Crippen LogP contribution < -0.4 is 4.90 Å². The second-order valence-corrected chi connectivity index (χ2v) is 8.78. The summed E-state index contributed by atoms with van der Waals surface area (Å²) in [6.07, 6.45) is 5.93. The molecule has 0 aromatic heterocycles. The summed E-state index contributed by atoms with van der Waals surface area (Å²) >= 11 is 0. The molecule has 1 saturated carbocycles. The van der Waals surface area contributed by atoms with Gasteiger partial charge in [-0.3, -0.25) is 4.79 Å². The lowest BCUT2D eigenvalue weighted by Crippen LogP contribution is -2.27. The molecular weight excluding hydrogens is 324 g/mol. The lowest BCUT2D eigenvalue weighted by molar-refractivity contribution is -0.112. The minimum absolute atomic E-state index is 0.00220. The van der Waals surface area contributed by atoms with Crippen molar-refractivity contribution in [2.24, 2.45) is 0 Å². The Balaban J connectivity index is 1.83. The molecule has 1 saturated heterocycles. The van der Waals surface area contributed by atoms with Crippen LogP contribution in [0, 0.1) is 0 Å². The fourth-order valence-corrected chi connectivity index (χ4v) is 5.58. The van der Waals surface area contributed by atoms with E-state index in [0.717, 1.165) is 55.3 Å². The monoisotopic (exact) mass is 346 g/mol. The first kappa shape index (κ1) is 15.8. The SMILES string of the molecule is CN1C(=O)C(=C2CCCC2)c2cc(S(=O)(=O)N3CCCC3)ccc21. The molecule has 2 aliphatic heterocycles. The summed E-state index contributed by atoms with van der Waals surface area (Å²) in [6, 6.07) is 5.13. The van der Waals surface area contributed by atoms with Gasteiger partial charge in [0.2, 0.25) is 10.0 Å². The van der Waals surface area contributed by atoms with Crippen molar-refractivity contribution in [3.8, 4) is 0 Å². The van der Waals surface area contributed by atoms with Crippen LogP contribution in [0.4, 0.5) is 5.69 Å². The molecule has 2 fully saturated rings. The minimum atomic E-state index is -3.46. The van der Waals surface area contributed by atoms with Crippen molar-refractivity contribution in [3.63, 3.8) is 0 Å². The number of amides is 1. The Hall–Kier alpha value is -1.66. The summed E-state index contributed by atoms with van der Waals surface area (Å²) in [5, 5.41) is 0. The van der Waals surface area contributed by atoms with Crippen LogP contribution in [0.3, 0.4) is 0 Å². The van der Waals surface area contributed by atoms with Gasteiger partial charge >= 0.3 is 0 Å². The van der Waals surface area contributed by atoms with Gasteiger partial charge in [0.15, 0.2) is 0 Å². The number of fused-ring (bicyclic) bond motifs is 1. The molecule has 0 unspecified atom stereocenters. The number of hydrogen-bond donors (Lipinski definition) is 0. The Morgan fingerprint density at radius 2 is 1.67 bits per heavy atom. The van der Waals surface area contributed by atoms with E-state index >= 15 is 0 Å². The molecule has 1 amide bonds. The highest BCUT2D eigenvalue weighted by molar-refractivity contribution is 7.89. The zero-order chi connectivity index (χ0) is 16.9. The van der Waals surface area contributed by atoms with Crippen molar-refractivity contribution in [3.05, 3.63) is 29.3 Å². The molecule has 6 heteroatoms. The van der Waals surface area contributed by atoms with Crippen LogP contribution in [0.15, 0.2) is 28.7 Å². The van der Waals surface area contributed by atoms with E-state index in [1.165, 1.54) is 5.57 Å². The van der Waals surface area contributed by atoms with Gasteiger partial charge in [0.05, 0.1) is 10.6 Å². The van der Waals surface area contributed by atoms with E-state index in [4.69, 9.17) is 0 Å². The maximum Gasteiger partial charge on any atom is 0.258 e. The molecule has 1 aliphatic carbocycles. The van der Waals surface area contributed by atoms with Gasteiger partial charge in [0, 0.05) is 31.3 Å². The summed E-state index contributed by atoms with van der Waals surface area (Å²) in [4.78, 5) is 14.6. The van der Waals surface area contributed by atoms with Gasteiger partial charge in [0.25, 0.3) is 5.91 Å². The Labute approximate surface area is 143 Å². The Morgan fingerprint density at radius 1 is 1.00 bits per heavy atom. The molecule has 0 radical (unpaired) electrons. The van der Waals surface area contributed by atoms with Crippen molar-refractivity contribution in [2.45, 2.75) is 43.4 Å². The van der Waals surface area contributed by atoms with Gasteiger partial charge in [-0.1, -0.05) is 5.57 Å². The van der Waals surface area contributed by atoms with Crippen molar-refractivity contribution in [2.75, 3.05) is 25.0 Å². The lowest BCUT2D eigenvalue weighted by atomic mass is 10.00. The van der Waals surface area contributed by atoms with Gasteiger partial charge in [-0.05, 0) is 56.7 Å². The number of carbonyl (C=O) groups is 1. The molecule has 24 heavy (non-hydrogen) atoms. The number of benzene rings is 1. The van der Waals surface area contributed by atoms with Crippen molar-refractivity contribution < 1.29 is 13.2 Å². The van der Waals surface area contributed by atoms with Crippen molar-refractivity contribution >= 4 is 27.2 Å². The first-order chi connectivity index (χ1) is 11.5. The third-order valence-corrected chi connectivity index (χ3v) is 7.28. The largest absolute Gasteiger partial charge is 0.311 e. The maximum atomic E-state index is 12.8. The van der Waals surface area contributed by atoms with Gasteiger partial charge in [-0.25, -0.2) is 8.42 Å². The number of sulfonamides is 1. The summed E-state index contributed by atoms with van der Waals surface area (Å²) in [6.45, 7) is 1.18. The van der Waals surface area contributed by atoms with Crippen molar-refractivity contribution in [1.29, 1.82) is 0 Å². The zero-order valence-corrected chi connectivity index (χ0v) is 14.7. The van der Waals surface area contributed by atoms with Crippen LogP contribution in [0.25, 0.3) is 5.57 Å². The van der Waals surface area contributed by atoms with Gasteiger partial charge in [-0.15, -0.1) is 0 Å². The van der Waals surface area contributed by atoms with Crippen LogP contribution in [0.1, 0.15) is 44.1 Å². The summed E-state index contributed by atoms with van der Waals surface area (Å²) in [5.41, 5.74) is 3.53. The molecule has 2 heterocycles. The number of rotatable bonds is 2. The average Bonchev–Trinajstić information content (AvgIpc) is 3.30. The van der Waals surface area contributed by atoms with Crippen LogP contribution in [0.2, 0.25) is 0 Å². The number of anilines is 1. The summed E-state index contributed by atoms with van der Waals surface area (Å²) < 4.78 is 27.2. The molecule has 3 aliphatic rings. The van der Waals surface area contributed by atoms with Crippen LogP contribution >= 0.6 is 0 Å². The van der Waals surface area contributed by atoms with E-state index in [1.807, 2.05) is 0 Å². The molecule has 0 atom stereocenters. The molecule has 0 bridgehead atoms. The number of nitrogens with zero attached hydrogens (tertiary/aromatic N) is 2. The first-order valence-electron chi connectivity index (χ1n) is 8.65.